The number of sulfonamides is 1. The van der Waals surface area contributed by atoms with E-state index in [9.17, 15) is 8.42 Å². The van der Waals surface area contributed by atoms with Gasteiger partial charge in [-0.3, -0.25) is 0 Å². The molecule has 0 aliphatic heterocycles. The average Bonchev–Trinajstić information content (AvgIpc) is 3.17. The molecule has 0 atom stereocenters. The largest absolute Gasteiger partial charge is 0.316 e. The summed E-state index contributed by atoms with van der Waals surface area (Å²) in [6.07, 6.45) is 1.81. The minimum Gasteiger partial charge on any atom is -0.316 e. The van der Waals surface area contributed by atoms with Gasteiger partial charge < -0.3 is 5.32 Å². The Labute approximate surface area is 123 Å². The van der Waals surface area contributed by atoms with Crippen LogP contribution in [0, 0.1) is 0 Å². The summed E-state index contributed by atoms with van der Waals surface area (Å²) in [6, 6.07) is 3.15. The Hall–Kier alpha value is -0.330. The molecule has 0 spiro atoms. The molecule has 0 radical (unpaired) electrons. The highest BCUT2D eigenvalue weighted by Crippen LogP contribution is 2.36. The van der Waals surface area contributed by atoms with E-state index >= 15 is 0 Å². The van der Waals surface area contributed by atoms with E-state index in [0.717, 1.165) is 12.8 Å². The van der Waals surface area contributed by atoms with E-state index in [2.05, 4.69) is 5.32 Å². The highest BCUT2D eigenvalue weighted by molar-refractivity contribution is 7.89. The average molecular weight is 323 g/mol. The molecular formula is C12H16Cl2N2O2S. The van der Waals surface area contributed by atoms with E-state index in [1.165, 1.54) is 10.4 Å². The highest BCUT2D eigenvalue weighted by Gasteiger charge is 2.36. The first-order valence-electron chi connectivity index (χ1n) is 5.99. The van der Waals surface area contributed by atoms with Crippen LogP contribution in [0.2, 0.25) is 10.0 Å². The molecule has 0 aromatic heterocycles. The molecule has 0 bridgehead atoms. The monoisotopic (exact) mass is 322 g/mol. The number of nitrogens with zero attached hydrogens (tertiary/aromatic N) is 1. The van der Waals surface area contributed by atoms with Gasteiger partial charge >= 0.3 is 0 Å². The molecule has 7 heteroatoms. The molecule has 1 aromatic rings. The van der Waals surface area contributed by atoms with Crippen LogP contribution in [0.1, 0.15) is 18.4 Å². The van der Waals surface area contributed by atoms with Crippen molar-refractivity contribution in [2.75, 3.05) is 14.1 Å². The maximum absolute atomic E-state index is 12.5. The van der Waals surface area contributed by atoms with Gasteiger partial charge in [-0.05, 0) is 32.0 Å². The predicted molar refractivity (Wildman–Crippen MR) is 77.2 cm³/mol. The summed E-state index contributed by atoms with van der Waals surface area (Å²) in [6.45, 7) is 0.425. The zero-order chi connectivity index (χ0) is 14.2. The maximum atomic E-state index is 12.5. The van der Waals surface area contributed by atoms with Gasteiger partial charge in [0.1, 0.15) is 4.90 Å². The minimum absolute atomic E-state index is 0.101. The zero-order valence-electron chi connectivity index (χ0n) is 10.8. The van der Waals surface area contributed by atoms with Crippen LogP contribution < -0.4 is 5.32 Å². The van der Waals surface area contributed by atoms with E-state index in [1.807, 2.05) is 0 Å². The number of rotatable bonds is 5. The van der Waals surface area contributed by atoms with Gasteiger partial charge in [0, 0.05) is 30.2 Å². The van der Waals surface area contributed by atoms with Crippen molar-refractivity contribution in [2.45, 2.75) is 30.3 Å². The quantitative estimate of drug-likeness (QED) is 0.906. The van der Waals surface area contributed by atoms with Gasteiger partial charge in [-0.1, -0.05) is 23.2 Å². The molecule has 1 aromatic carbocycles. The molecular weight excluding hydrogens is 307 g/mol. The zero-order valence-corrected chi connectivity index (χ0v) is 13.1. The van der Waals surface area contributed by atoms with Gasteiger partial charge in [-0.15, -0.1) is 0 Å². The first-order valence-corrected chi connectivity index (χ1v) is 8.18. The van der Waals surface area contributed by atoms with Crippen LogP contribution in [0.25, 0.3) is 0 Å². The first kappa shape index (κ1) is 15.1. The van der Waals surface area contributed by atoms with E-state index in [0.29, 0.717) is 17.1 Å². The van der Waals surface area contributed by atoms with Crippen molar-refractivity contribution >= 4 is 33.2 Å². The van der Waals surface area contributed by atoms with Gasteiger partial charge in [-0.25, -0.2) is 8.42 Å². The topological polar surface area (TPSA) is 49.4 Å². The molecule has 106 valence electrons. The van der Waals surface area contributed by atoms with Crippen LogP contribution in [0.3, 0.4) is 0 Å². The number of nitrogens with one attached hydrogen (secondary N) is 1. The molecule has 1 aliphatic carbocycles. The Morgan fingerprint density at radius 2 is 2.00 bits per heavy atom. The molecule has 1 N–H and O–H groups in total. The number of benzene rings is 1. The van der Waals surface area contributed by atoms with Crippen molar-refractivity contribution in [1.82, 2.24) is 9.62 Å². The lowest BCUT2D eigenvalue weighted by Crippen LogP contribution is -2.29. The van der Waals surface area contributed by atoms with Gasteiger partial charge in [0.15, 0.2) is 0 Å². The SMILES string of the molecule is CNCc1c(Cl)ccc(S(=O)(=O)N(C)C2CC2)c1Cl. The fourth-order valence-corrected chi connectivity index (χ4v) is 4.20. The second kappa shape index (κ2) is 5.58. The number of hydrogen-bond acceptors (Lipinski definition) is 3. The summed E-state index contributed by atoms with van der Waals surface area (Å²) in [7, 11) is -0.202. The Morgan fingerprint density at radius 1 is 1.37 bits per heavy atom. The van der Waals surface area contributed by atoms with Gasteiger partial charge in [-0.2, -0.15) is 4.31 Å². The number of hydrogen-bond donors (Lipinski definition) is 1. The minimum atomic E-state index is -3.55. The molecule has 0 amide bonds. The summed E-state index contributed by atoms with van der Waals surface area (Å²) >= 11 is 12.3. The van der Waals surface area contributed by atoms with Crippen LogP contribution in [-0.2, 0) is 16.6 Å². The van der Waals surface area contributed by atoms with Gasteiger partial charge in [0.25, 0.3) is 0 Å². The Kier molecular flexibility index (Phi) is 4.42. The summed E-state index contributed by atoms with van der Waals surface area (Å²) in [5.41, 5.74) is 0.608. The molecule has 0 saturated heterocycles. The van der Waals surface area contributed by atoms with E-state index in [1.54, 1.807) is 20.2 Å². The highest BCUT2D eigenvalue weighted by atomic mass is 35.5. The van der Waals surface area contributed by atoms with Gasteiger partial charge in [0.05, 0.1) is 5.02 Å². The maximum Gasteiger partial charge on any atom is 0.244 e. The molecule has 19 heavy (non-hydrogen) atoms. The molecule has 0 unspecified atom stereocenters. The fraction of sp³-hybridized carbons (Fsp3) is 0.500. The van der Waals surface area contributed by atoms with Crippen LogP contribution in [0.5, 0.6) is 0 Å². The van der Waals surface area contributed by atoms with Crippen LogP contribution in [0.15, 0.2) is 17.0 Å². The summed E-state index contributed by atoms with van der Waals surface area (Å²) < 4.78 is 26.4. The van der Waals surface area contributed by atoms with E-state index in [4.69, 9.17) is 23.2 Å². The lowest BCUT2D eigenvalue weighted by molar-refractivity contribution is 0.464. The molecule has 1 fully saturated rings. The van der Waals surface area contributed by atoms with Crippen LogP contribution in [0.4, 0.5) is 0 Å². The Balaban J connectivity index is 2.47. The van der Waals surface area contributed by atoms with Crippen molar-refractivity contribution in [3.8, 4) is 0 Å². The van der Waals surface area contributed by atoms with Crippen molar-refractivity contribution in [3.63, 3.8) is 0 Å². The summed E-state index contributed by atoms with van der Waals surface area (Å²) in [4.78, 5) is 0.123. The van der Waals surface area contributed by atoms with Gasteiger partial charge in [0.2, 0.25) is 10.0 Å². The first-order chi connectivity index (χ1) is 8.89. The number of halogens is 2. The normalized spacial score (nSPS) is 16.1. The molecule has 1 saturated carbocycles. The Morgan fingerprint density at radius 3 is 2.53 bits per heavy atom. The van der Waals surface area contributed by atoms with E-state index in [-0.39, 0.29) is 16.0 Å². The third-order valence-corrected chi connectivity index (χ3v) is 6.07. The molecule has 2 rings (SSSR count). The van der Waals surface area contributed by atoms with Crippen LogP contribution >= 0.6 is 23.2 Å². The smallest absolute Gasteiger partial charge is 0.244 e. The molecule has 1 aliphatic rings. The summed E-state index contributed by atoms with van der Waals surface area (Å²) in [5.74, 6) is 0. The lowest BCUT2D eigenvalue weighted by atomic mass is 10.2. The van der Waals surface area contributed by atoms with Crippen molar-refractivity contribution in [3.05, 3.63) is 27.7 Å². The third-order valence-electron chi connectivity index (χ3n) is 3.22. The molecule has 4 nitrogen and oxygen atoms in total. The second-order valence-electron chi connectivity index (χ2n) is 4.62. The Bertz CT molecular complexity index is 586. The van der Waals surface area contributed by atoms with Crippen LogP contribution in [-0.4, -0.2) is 32.9 Å². The lowest BCUT2D eigenvalue weighted by Gasteiger charge is -2.19. The third kappa shape index (κ3) is 2.90. The predicted octanol–water partition coefficient (Wildman–Crippen LogP) is 2.50. The second-order valence-corrected chi connectivity index (χ2v) is 7.37. The standard InChI is InChI=1S/C12H16Cl2N2O2S/c1-15-7-9-10(13)5-6-11(12(9)14)19(17,18)16(2)8-3-4-8/h5-6,8,15H,3-4,7H2,1-2H3. The molecule has 0 heterocycles. The fourth-order valence-electron chi connectivity index (χ4n) is 1.90. The van der Waals surface area contributed by atoms with Crippen molar-refractivity contribution in [2.24, 2.45) is 0 Å². The summed E-state index contributed by atoms with van der Waals surface area (Å²) in [5, 5.41) is 3.60. The van der Waals surface area contributed by atoms with E-state index < -0.39 is 10.0 Å². The van der Waals surface area contributed by atoms with Crippen molar-refractivity contribution < 1.29 is 8.42 Å². The van der Waals surface area contributed by atoms with Crippen molar-refractivity contribution in [1.29, 1.82) is 0 Å².